The molecule has 0 bridgehead atoms. The molecule has 0 fully saturated rings. The monoisotopic (exact) mass is 199 g/mol. The van der Waals surface area contributed by atoms with E-state index in [4.69, 9.17) is 0 Å². The Balaban J connectivity index is 1.89. The van der Waals surface area contributed by atoms with Gasteiger partial charge in [0.2, 0.25) is 5.91 Å². The second kappa shape index (κ2) is 3.23. The van der Waals surface area contributed by atoms with Crippen LogP contribution in [0.15, 0.2) is 41.5 Å². The number of carbonyl (C=O) groups is 1. The van der Waals surface area contributed by atoms with E-state index in [0.717, 1.165) is 24.8 Å². The molecule has 2 nitrogen and oxygen atoms in total. The molecule has 1 unspecified atom stereocenters. The number of nitrogens with one attached hydrogen (secondary N) is 1. The molecule has 0 saturated heterocycles. The van der Waals surface area contributed by atoms with Gasteiger partial charge in [0.1, 0.15) is 0 Å². The molecule has 1 heterocycles. The highest BCUT2D eigenvalue weighted by Crippen LogP contribution is 2.38. The number of benzene rings is 1. The van der Waals surface area contributed by atoms with Gasteiger partial charge in [0.05, 0.1) is 6.04 Å². The molecular formula is C13H13NO. The summed E-state index contributed by atoms with van der Waals surface area (Å²) in [5, 5.41) is 3.07. The quantitative estimate of drug-likeness (QED) is 0.739. The van der Waals surface area contributed by atoms with Crippen molar-refractivity contribution in [1.29, 1.82) is 0 Å². The first-order chi connectivity index (χ1) is 7.34. The smallest absolute Gasteiger partial charge is 0.247 e. The van der Waals surface area contributed by atoms with E-state index in [1.165, 1.54) is 11.1 Å². The molecular weight excluding hydrogens is 186 g/mol. The van der Waals surface area contributed by atoms with Crippen LogP contribution in [0.25, 0.3) is 0 Å². The van der Waals surface area contributed by atoms with Crippen LogP contribution in [0.5, 0.6) is 0 Å². The van der Waals surface area contributed by atoms with E-state index in [1.54, 1.807) is 0 Å². The molecule has 0 saturated carbocycles. The fourth-order valence-electron chi connectivity index (χ4n) is 2.36. The van der Waals surface area contributed by atoms with Gasteiger partial charge in [-0.25, -0.2) is 0 Å². The molecule has 1 N–H and O–H groups in total. The lowest BCUT2D eigenvalue weighted by molar-refractivity contribution is -0.119. The van der Waals surface area contributed by atoms with Crippen molar-refractivity contribution in [3.05, 3.63) is 47.0 Å². The zero-order valence-corrected chi connectivity index (χ0v) is 8.49. The molecule has 2 heteroatoms. The predicted octanol–water partition coefficient (Wildman–Crippen LogP) is 2.34. The van der Waals surface area contributed by atoms with E-state index in [2.05, 4.69) is 17.4 Å². The molecule has 1 aliphatic heterocycles. The lowest BCUT2D eigenvalue weighted by atomic mass is 9.79. The van der Waals surface area contributed by atoms with Crippen LogP contribution in [0.4, 0.5) is 0 Å². The summed E-state index contributed by atoms with van der Waals surface area (Å²) in [6.45, 7) is 0. The minimum absolute atomic E-state index is 0.149. The number of hydrogen-bond acceptors (Lipinski definition) is 1. The summed E-state index contributed by atoms with van der Waals surface area (Å²) in [7, 11) is 0. The lowest BCUT2D eigenvalue weighted by Crippen LogP contribution is -2.37. The summed E-state index contributed by atoms with van der Waals surface area (Å²) in [4.78, 5) is 11.7. The van der Waals surface area contributed by atoms with Crippen molar-refractivity contribution in [3.8, 4) is 0 Å². The number of hydrogen-bond donors (Lipinski definition) is 1. The van der Waals surface area contributed by atoms with Gasteiger partial charge in [-0.2, -0.15) is 0 Å². The Morgan fingerprint density at radius 1 is 1.13 bits per heavy atom. The highest BCUT2D eigenvalue weighted by molar-refractivity contribution is 5.97. The standard InChI is InChI=1S/C13H13NO/c15-13-11-7-6-10(11)8-12(14-13)9-4-2-1-3-5-9/h1-5,12H,6-8H2,(H,14,15). The summed E-state index contributed by atoms with van der Waals surface area (Å²) >= 11 is 0. The molecule has 1 atom stereocenters. The molecule has 1 aliphatic carbocycles. The van der Waals surface area contributed by atoms with Crippen molar-refractivity contribution in [2.45, 2.75) is 25.3 Å². The van der Waals surface area contributed by atoms with Crippen LogP contribution in [0, 0.1) is 0 Å². The maximum atomic E-state index is 11.7. The summed E-state index contributed by atoms with van der Waals surface area (Å²) in [5.74, 6) is 0.149. The lowest BCUT2D eigenvalue weighted by Gasteiger charge is -2.33. The number of rotatable bonds is 1. The molecule has 1 amide bonds. The zero-order valence-electron chi connectivity index (χ0n) is 8.49. The van der Waals surface area contributed by atoms with Gasteiger partial charge in [-0.1, -0.05) is 35.9 Å². The average Bonchev–Trinajstić information content (AvgIpc) is 2.22. The Morgan fingerprint density at radius 3 is 2.53 bits per heavy atom. The van der Waals surface area contributed by atoms with E-state index in [0.29, 0.717) is 0 Å². The Kier molecular flexibility index (Phi) is 1.88. The molecule has 0 spiro atoms. The van der Waals surface area contributed by atoms with Crippen LogP contribution >= 0.6 is 0 Å². The van der Waals surface area contributed by atoms with Crippen LogP contribution < -0.4 is 5.32 Å². The molecule has 1 aromatic carbocycles. The first kappa shape index (κ1) is 8.72. The topological polar surface area (TPSA) is 29.1 Å². The normalized spacial score (nSPS) is 24.3. The van der Waals surface area contributed by atoms with Crippen molar-refractivity contribution in [3.63, 3.8) is 0 Å². The van der Waals surface area contributed by atoms with Crippen molar-refractivity contribution in [2.24, 2.45) is 0 Å². The Labute approximate surface area is 89.0 Å². The third-order valence-electron chi connectivity index (χ3n) is 3.34. The van der Waals surface area contributed by atoms with Crippen LogP contribution in [0.3, 0.4) is 0 Å². The van der Waals surface area contributed by atoms with Crippen molar-refractivity contribution in [1.82, 2.24) is 5.32 Å². The fraction of sp³-hybridized carbons (Fsp3) is 0.308. The predicted molar refractivity (Wildman–Crippen MR) is 58.2 cm³/mol. The van der Waals surface area contributed by atoms with Crippen molar-refractivity contribution < 1.29 is 4.79 Å². The SMILES string of the molecule is O=C1NC(c2ccccc2)CC2=C1CC2. The van der Waals surface area contributed by atoms with Gasteiger partial charge < -0.3 is 5.32 Å². The summed E-state index contributed by atoms with van der Waals surface area (Å²) < 4.78 is 0. The average molecular weight is 199 g/mol. The molecule has 15 heavy (non-hydrogen) atoms. The van der Waals surface area contributed by atoms with Crippen LogP contribution in [0.1, 0.15) is 30.9 Å². The van der Waals surface area contributed by atoms with E-state index < -0.39 is 0 Å². The van der Waals surface area contributed by atoms with E-state index in [-0.39, 0.29) is 11.9 Å². The minimum atomic E-state index is 0.149. The molecule has 0 aromatic heterocycles. The highest BCUT2D eigenvalue weighted by Gasteiger charge is 2.32. The first-order valence-electron chi connectivity index (χ1n) is 5.41. The van der Waals surface area contributed by atoms with Gasteiger partial charge in [-0.3, -0.25) is 4.79 Å². The van der Waals surface area contributed by atoms with Gasteiger partial charge in [-0.15, -0.1) is 0 Å². The summed E-state index contributed by atoms with van der Waals surface area (Å²) in [5.41, 5.74) is 3.62. The Hall–Kier alpha value is -1.57. The minimum Gasteiger partial charge on any atom is -0.345 e. The molecule has 76 valence electrons. The van der Waals surface area contributed by atoms with Gasteiger partial charge in [0.25, 0.3) is 0 Å². The van der Waals surface area contributed by atoms with Gasteiger partial charge in [-0.05, 0) is 24.8 Å². The molecule has 2 aliphatic rings. The fourth-order valence-corrected chi connectivity index (χ4v) is 2.36. The Bertz CT molecular complexity index is 433. The maximum absolute atomic E-state index is 11.7. The number of amides is 1. The van der Waals surface area contributed by atoms with E-state index in [1.807, 2.05) is 18.2 Å². The largest absolute Gasteiger partial charge is 0.345 e. The molecule has 3 rings (SSSR count). The van der Waals surface area contributed by atoms with Crippen LogP contribution in [-0.4, -0.2) is 5.91 Å². The van der Waals surface area contributed by atoms with Crippen molar-refractivity contribution >= 4 is 5.91 Å². The first-order valence-corrected chi connectivity index (χ1v) is 5.41. The maximum Gasteiger partial charge on any atom is 0.247 e. The van der Waals surface area contributed by atoms with Gasteiger partial charge in [0.15, 0.2) is 0 Å². The zero-order chi connectivity index (χ0) is 10.3. The van der Waals surface area contributed by atoms with Crippen LogP contribution in [0.2, 0.25) is 0 Å². The van der Waals surface area contributed by atoms with Crippen molar-refractivity contribution in [2.75, 3.05) is 0 Å². The van der Waals surface area contributed by atoms with Gasteiger partial charge >= 0.3 is 0 Å². The third kappa shape index (κ3) is 1.37. The molecule has 1 aromatic rings. The summed E-state index contributed by atoms with van der Waals surface area (Å²) in [6.07, 6.45) is 3.10. The van der Waals surface area contributed by atoms with E-state index in [9.17, 15) is 4.79 Å². The second-order valence-electron chi connectivity index (χ2n) is 4.22. The van der Waals surface area contributed by atoms with Crippen LogP contribution in [-0.2, 0) is 4.79 Å². The third-order valence-corrected chi connectivity index (χ3v) is 3.34. The Morgan fingerprint density at radius 2 is 1.93 bits per heavy atom. The highest BCUT2D eigenvalue weighted by atomic mass is 16.1. The summed E-state index contributed by atoms with van der Waals surface area (Å²) in [6, 6.07) is 10.4. The molecule has 0 radical (unpaired) electrons. The number of carbonyl (C=O) groups excluding carboxylic acids is 1. The van der Waals surface area contributed by atoms with E-state index >= 15 is 0 Å². The second-order valence-corrected chi connectivity index (χ2v) is 4.22. The van der Waals surface area contributed by atoms with Gasteiger partial charge in [0, 0.05) is 5.57 Å².